The molecule has 0 bridgehead atoms. The van der Waals surface area contributed by atoms with Gasteiger partial charge in [-0.05, 0) is 61.4 Å². The molecule has 2 aromatic carbocycles. The van der Waals surface area contributed by atoms with E-state index in [9.17, 15) is 13.2 Å². The summed E-state index contributed by atoms with van der Waals surface area (Å²) in [6, 6.07) is 14.3. The van der Waals surface area contributed by atoms with Crippen molar-refractivity contribution in [2.75, 3.05) is 38.7 Å². The van der Waals surface area contributed by atoms with Crippen LogP contribution in [-0.4, -0.2) is 58.5 Å². The monoisotopic (exact) mass is 495 g/mol. The van der Waals surface area contributed by atoms with Crippen molar-refractivity contribution in [3.05, 3.63) is 53.0 Å². The first-order chi connectivity index (χ1) is 14.3. The zero-order valence-corrected chi connectivity index (χ0v) is 19.4. The molecule has 162 valence electrons. The summed E-state index contributed by atoms with van der Waals surface area (Å²) in [4.78, 5) is 14.9. The van der Waals surface area contributed by atoms with E-state index >= 15 is 0 Å². The van der Waals surface area contributed by atoms with Crippen molar-refractivity contribution in [3.63, 3.8) is 0 Å². The van der Waals surface area contributed by atoms with E-state index in [1.165, 1.54) is 19.2 Å². The Balaban J connectivity index is 1.50. The minimum atomic E-state index is -3.71. The molecule has 0 radical (unpaired) electrons. The molecule has 1 aliphatic heterocycles. The van der Waals surface area contributed by atoms with Gasteiger partial charge in [0.15, 0.2) is 0 Å². The van der Waals surface area contributed by atoms with Crippen molar-refractivity contribution in [2.24, 2.45) is 0 Å². The first-order valence-electron chi connectivity index (χ1n) is 9.70. The maximum Gasteiger partial charge on any atom is 0.243 e. The SMILES string of the molecule is COc1ccc(N2CCC(NC(=O)CN(C)S(=O)(=O)c3ccc(Br)cc3)CC2)cc1. The van der Waals surface area contributed by atoms with Gasteiger partial charge in [0.25, 0.3) is 0 Å². The van der Waals surface area contributed by atoms with Crippen LogP contribution in [0.4, 0.5) is 5.69 Å². The van der Waals surface area contributed by atoms with Gasteiger partial charge in [-0.15, -0.1) is 0 Å². The van der Waals surface area contributed by atoms with Gasteiger partial charge >= 0.3 is 0 Å². The first-order valence-corrected chi connectivity index (χ1v) is 11.9. The molecule has 2 aromatic rings. The second-order valence-corrected chi connectivity index (χ2v) is 10.2. The molecule has 0 aromatic heterocycles. The summed E-state index contributed by atoms with van der Waals surface area (Å²) >= 11 is 3.29. The third-order valence-electron chi connectivity index (χ3n) is 5.19. The highest BCUT2D eigenvalue weighted by molar-refractivity contribution is 9.10. The van der Waals surface area contributed by atoms with E-state index in [1.54, 1.807) is 19.2 Å². The molecule has 0 atom stereocenters. The number of benzene rings is 2. The second kappa shape index (κ2) is 9.80. The lowest BCUT2D eigenvalue weighted by Gasteiger charge is -2.34. The summed E-state index contributed by atoms with van der Waals surface area (Å²) in [7, 11) is -0.646. The number of rotatable bonds is 7. The van der Waals surface area contributed by atoms with E-state index in [1.807, 2.05) is 24.3 Å². The summed E-state index contributed by atoms with van der Waals surface area (Å²) < 4.78 is 32.3. The Kier molecular flexibility index (Phi) is 7.38. The molecule has 0 unspecified atom stereocenters. The van der Waals surface area contributed by atoms with Gasteiger partial charge in [0, 0.05) is 36.3 Å². The summed E-state index contributed by atoms with van der Waals surface area (Å²) in [5, 5.41) is 2.97. The fraction of sp³-hybridized carbons (Fsp3) is 0.381. The van der Waals surface area contributed by atoms with E-state index in [2.05, 4.69) is 26.1 Å². The molecule has 1 heterocycles. The molecule has 1 fully saturated rings. The minimum Gasteiger partial charge on any atom is -0.497 e. The Morgan fingerprint density at radius 1 is 1.13 bits per heavy atom. The lowest BCUT2D eigenvalue weighted by molar-refractivity contribution is -0.121. The van der Waals surface area contributed by atoms with Crippen molar-refractivity contribution in [1.29, 1.82) is 0 Å². The van der Waals surface area contributed by atoms with E-state index in [4.69, 9.17) is 4.74 Å². The molecule has 0 aliphatic carbocycles. The number of nitrogens with zero attached hydrogens (tertiary/aromatic N) is 2. The van der Waals surface area contributed by atoms with Crippen molar-refractivity contribution in [3.8, 4) is 5.75 Å². The third kappa shape index (κ3) is 5.53. The Bertz CT molecular complexity index is 957. The van der Waals surface area contributed by atoms with E-state index < -0.39 is 10.0 Å². The number of nitrogens with one attached hydrogen (secondary N) is 1. The predicted molar refractivity (Wildman–Crippen MR) is 120 cm³/mol. The summed E-state index contributed by atoms with van der Waals surface area (Å²) in [6.45, 7) is 1.44. The summed E-state index contributed by atoms with van der Waals surface area (Å²) in [5.41, 5.74) is 1.13. The molecule has 30 heavy (non-hydrogen) atoms. The van der Waals surface area contributed by atoms with Gasteiger partial charge in [0.2, 0.25) is 15.9 Å². The van der Waals surface area contributed by atoms with Crippen molar-refractivity contribution in [1.82, 2.24) is 9.62 Å². The molecule has 1 N–H and O–H groups in total. The summed E-state index contributed by atoms with van der Waals surface area (Å²) in [5.74, 6) is 0.532. The van der Waals surface area contributed by atoms with Gasteiger partial charge in [0.05, 0.1) is 18.6 Å². The normalized spacial score (nSPS) is 15.3. The maximum atomic E-state index is 12.6. The molecular weight excluding hydrogens is 470 g/mol. The highest BCUT2D eigenvalue weighted by Crippen LogP contribution is 2.23. The van der Waals surface area contributed by atoms with Gasteiger partial charge in [-0.1, -0.05) is 15.9 Å². The number of anilines is 1. The fourth-order valence-electron chi connectivity index (χ4n) is 3.42. The third-order valence-corrected chi connectivity index (χ3v) is 7.53. The highest BCUT2D eigenvalue weighted by atomic mass is 79.9. The van der Waals surface area contributed by atoms with Crippen LogP contribution in [0.25, 0.3) is 0 Å². The molecular formula is C21H26BrN3O4S. The van der Waals surface area contributed by atoms with Crippen LogP contribution in [0.1, 0.15) is 12.8 Å². The van der Waals surface area contributed by atoms with Crippen LogP contribution >= 0.6 is 15.9 Å². The van der Waals surface area contributed by atoms with Crippen LogP contribution < -0.4 is 15.0 Å². The van der Waals surface area contributed by atoms with Gasteiger partial charge in [0.1, 0.15) is 5.75 Å². The standard InChI is InChI=1S/C21H26BrN3O4S/c1-24(30(27,28)20-9-3-16(22)4-10-20)15-21(26)23-17-11-13-25(14-12-17)18-5-7-19(29-2)8-6-18/h3-10,17H,11-15H2,1-2H3,(H,23,26). The number of likely N-dealkylation sites (N-methyl/N-ethyl adjacent to an activating group) is 1. The Labute approximate surface area is 186 Å². The molecule has 9 heteroatoms. The lowest BCUT2D eigenvalue weighted by Crippen LogP contribution is -2.47. The Hall–Kier alpha value is -2.10. The van der Waals surface area contributed by atoms with Gasteiger partial charge in [-0.3, -0.25) is 4.79 Å². The second-order valence-electron chi connectivity index (χ2n) is 7.24. The van der Waals surface area contributed by atoms with Crippen molar-refractivity contribution < 1.29 is 17.9 Å². The number of hydrogen-bond acceptors (Lipinski definition) is 5. The van der Waals surface area contributed by atoms with Gasteiger partial charge < -0.3 is 15.0 Å². The smallest absolute Gasteiger partial charge is 0.243 e. The number of methoxy groups -OCH3 is 1. The Morgan fingerprint density at radius 3 is 2.30 bits per heavy atom. The predicted octanol–water partition coefficient (Wildman–Crippen LogP) is 2.86. The molecule has 0 spiro atoms. The molecule has 0 saturated carbocycles. The van der Waals surface area contributed by atoms with Crippen LogP contribution in [0.3, 0.4) is 0 Å². The number of hydrogen-bond donors (Lipinski definition) is 1. The average molecular weight is 496 g/mol. The van der Waals surface area contributed by atoms with E-state index in [0.717, 1.165) is 46.1 Å². The quantitative estimate of drug-likeness (QED) is 0.638. The fourth-order valence-corrected chi connectivity index (χ4v) is 4.81. The van der Waals surface area contributed by atoms with Crippen molar-refractivity contribution >= 4 is 37.5 Å². The molecule has 1 aliphatic rings. The van der Waals surface area contributed by atoms with Crippen LogP contribution in [0.5, 0.6) is 5.75 Å². The largest absolute Gasteiger partial charge is 0.497 e. The number of sulfonamides is 1. The average Bonchev–Trinajstić information content (AvgIpc) is 2.74. The minimum absolute atomic E-state index is 0.0378. The number of carbonyl (C=O) groups excluding carboxylic acids is 1. The first kappa shape index (κ1) is 22.6. The number of piperidine rings is 1. The van der Waals surface area contributed by atoms with Crippen molar-refractivity contribution in [2.45, 2.75) is 23.8 Å². The van der Waals surface area contributed by atoms with Crippen LogP contribution in [0.2, 0.25) is 0 Å². The van der Waals surface area contributed by atoms with Gasteiger partial charge in [-0.2, -0.15) is 4.31 Å². The topological polar surface area (TPSA) is 79.0 Å². The number of carbonyl (C=O) groups is 1. The zero-order valence-electron chi connectivity index (χ0n) is 17.0. The lowest BCUT2D eigenvalue weighted by atomic mass is 10.0. The van der Waals surface area contributed by atoms with Crippen LogP contribution in [0.15, 0.2) is 57.9 Å². The Morgan fingerprint density at radius 2 is 1.73 bits per heavy atom. The maximum absolute atomic E-state index is 12.6. The number of amides is 1. The van der Waals surface area contributed by atoms with Crippen LogP contribution in [0, 0.1) is 0 Å². The van der Waals surface area contributed by atoms with E-state index in [0.29, 0.717) is 0 Å². The molecule has 3 rings (SSSR count). The van der Waals surface area contributed by atoms with E-state index in [-0.39, 0.29) is 23.4 Å². The zero-order chi connectivity index (χ0) is 21.7. The molecule has 7 nitrogen and oxygen atoms in total. The van der Waals surface area contributed by atoms with Crippen LogP contribution in [-0.2, 0) is 14.8 Å². The van der Waals surface area contributed by atoms with Gasteiger partial charge in [-0.25, -0.2) is 8.42 Å². The number of halogens is 1. The number of ether oxygens (including phenoxy) is 1. The molecule has 1 saturated heterocycles. The summed E-state index contributed by atoms with van der Waals surface area (Å²) in [6.07, 6.45) is 1.61. The molecule has 1 amide bonds. The highest BCUT2D eigenvalue weighted by Gasteiger charge is 2.25.